The molecule has 23 heavy (non-hydrogen) atoms. The molecule has 0 radical (unpaired) electrons. The molecular weight excluding hydrogens is 288 g/mol. The van der Waals surface area contributed by atoms with Crippen molar-refractivity contribution in [3.05, 3.63) is 65.9 Å². The normalized spacial score (nSPS) is 10.7. The number of ketones is 2. The number of aromatic nitrogens is 1. The molecule has 4 heteroatoms. The van der Waals surface area contributed by atoms with Crippen molar-refractivity contribution in [2.24, 2.45) is 7.05 Å². The molecule has 1 N–H and O–H groups in total. The third-order valence-electron chi connectivity index (χ3n) is 3.92. The van der Waals surface area contributed by atoms with Crippen LogP contribution in [0.15, 0.2) is 54.7 Å². The second kappa shape index (κ2) is 6.08. The van der Waals surface area contributed by atoms with E-state index < -0.39 is 0 Å². The molecule has 3 aromatic rings. The van der Waals surface area contributed by atoms with Crippen LogP contribution in [0.25, 0.3) is 10.9 Å². The molecular formula is C19H18N2O2. The predicted molar refractivity (Wildman–Crippen MR) is 92.2 cm³/mol. The van der Waals surface area contributed by atoms with Gasteiger partial charge >= 0.3 is 0 Å². The van der Waals surface area contributed by atoms with Crippen molar-refractivity contribution in [2.45, 2.75) is 6.92 Å². The van der Waals surface area contributed by atoms with Gasteiger partial charge in [-0.1, -0.05) is 30.3 Å². The Morgan fingerprint density at radius 1 is 1.09 bits per heavy atom. The summed E-state index contributed by atoms with van der Waals surface area (Å²) in [6.45, 7) is 1.72. The number of hydrogen-bond acceptors (Lipinski definition) is 3. The highest BCUT2D eigenvalue weighted by Gasteiger charge is 2.13. The zero-order chi connectivity index (χ0) is 16.4. The van der Waals surface area contributed by atoms with Gasteiger partial charge < -0.3 is 9.88 Å². The lowest BCUT2D eigenvalue weighted by Gasteiger charge is -2.06. The number of benzene rings is 2. The van der Waals surface area contributed by atoms with Gasteiger partial charge in [0.15, 0.2) is 11.6 Å². The van der Waals surface area contributed by atoms with Crippen molar-refractivity contribution < 1.29 is 9.59 Å². The standard InChI is InChI=1S/C19H18N2O2/c1-13(22)14-6-5-7-15(10-14)20-11-19(23)17-12-21(2)18-9-4-3-8-16(17)18/h3-10,12,20H,11H2,1-2H3. The van der Waals surface area contributed by atoms with E-state index in [-0.39, 0.29) is 18.1 Å². The Bertz CT molecular complexity index is 893. The molecule has 1 aromatic heterocycles. The molecule has 0 saturated carbocycles. The summed E-state index contributed by atoms with van der Waals surface area (Å²) in [5, 5.41) is 4.06. The molecule has 1 heterocycles. The third-order valence-corrected chi connectivity index (χ3v) is 3.92. The van der Waals surface area contributed by atoms with Crippen LogP contribution >= 0.6 is 0 Å². The van der Waals surface area contributed by atoms with Crippen LogP contribution in [-0.4, -0.2) is 22.7 Å². The minimum Gasteiger partial charge on any atom is -0.378 e. The average molecular weight is 306 g/mol. The first-order valence-electron chi connectivity index (χ1n) is 7.48. The smallest absolute Gasteiger partial charge is 0.184 e. The number of fused-ring (bicyclic) bond motifs is 1. The van der Waals surface area contributed by atoms with Gasteiger partial charge in [-0.2, -0.15) is 0 Å². The fourth-order valence-corrected chi connectivity index (χ4v) is 2.69. The van der Waals surface area contributed by atoms with Crippen molar-refractivity contribution in [3.63, 3.8) is 0 Å². The van der Waals surface area contributed by atoms with Crippen molar-refractivity contribution >= 4 is 28.2 Å². The number of hydrogen-bond donors (Lipinski definition) is 1. The molecule has 116 valence electrons. The molecule has 0 unspecified atom stereocenters. The first kappa shape index (κ1) is 15.0. The highest BCUT2D eigenvalue weighted by Crippen LogP contribution is 2.21. The van der Waals surface area contributed by atoms with Gasteiger partial charge in [0.2, 0.25) is 0 Å². The second-order valence-electron chi connectivity index (χ2n) is 5.58. The van der Waals surface area contributed by atoms with Crippen LogP contribution in [0.2, 0.25) is 0 Å². The van der Waals surface area contributed by atoms with Crippen LogP contribution in [0.3, 0.4) is 0 Å². The van der Waals surface area contributed by atoms with Crippen LogP contribution in [0.5, 0.6) is 0 Å². The van der Waals surface area contributed by atoms with E-state index in [1.807, 2.05) is 54.2 Å². The first-order valence-corrected chi connectivity index (χ1v) is 7.48. The van der Waals surface area contributed by atoms with Gasteiger partial charge in [-0.25, -0.2) is 0 Å². The van der Waals surface area contributed by atoms with Crippen LogP contribution in [0.1, 0.15) is 27.6 Å². The number of carbonyl (C=O) groups is 2. The van der Waals surface area contributed by atoms with E-state index in [4.69, 9.17) is 0 Å². The van der Waals surface area contributed by atoms with E-state index >= 15 is 0 Å². The van der Waals surface area contributed by atoms with Gasteiger partial charge in [-0.15, -0.1) is 0 Å². The molecule has 0 bridgehead atoms. The van der Waals surface area contributed by atoms with Gasteiger partial charge in [0.05, 0.1) is 6.54 Å². The monoisotopic (exact) mass is 306 g/mol. The summed E-state index contributed by atoms with van der Waals surface area (Å²) in [6, 6.07) is 15.0. The molecule has 0 amide bonds. The quantitative estimate of drug-likeness (QED) is 0.732. The minimum absolute atomic E-state index is 0.00836. The molecule has 0 aliphatic carbocycles. The fraction of sp³-hybridized carbons (Fsp3) is 0.158. The average Bonchev–Trinajstić information content (AvgIpc) is 2.90. The molecule has 0 atom stereocenters. The Labute approximate surface area is 134 Å². The zero-order valence-corrected chi connectivity index (χ0v) is 13.2. The molecule has 0 aliphatic rings. The maximum Gasteiger partial charge on any atom is 0.184 e. The van der Waals surface area contributed by atoms with E-state index in [2.05, 4.69) is 5.32 Å². The maximum atomic E-state index is 12.5. The topological polar surface area (TPSA) is 51.1 Å². The number of anilines is 1. The number of aryl methyl sites for hydroxylation is 1. The Balaban J connectivity index is 1.79. The summed E-state index contributed by atoms with van der Waals surface area (Å²) >= 11 is 0. The highest BCUT2D eigenvalue weighted by molar-refractivity contribution is 6.09. The zero-order valence-electron chi connectivity index (χ0n) is 13.2. The SMILES string of the molecule is CC(=O)c1cccc(NCC(=O)c2cn(C)c3ccccc23)c1. The largest absolute Gasteiger partial charge is 0.378 e. The van der Waals surface area contributed by atoms with Crippen molar-refractivity contribution in [1.29, 1.82) is 0 Å². The maximum absolute atomic E-state index is 12.5. The number of para-hydroxylation sites is 1. The minimum atomic E-state index is 0.00836. The summed E-state index contributed by atoms with van der Waals surface area (Å²) < 4.78 is 1.96. The lowest BCUT2D eigenvalue weighted by Crippen LogP contribution is -2.14. The molecule has 4 nitrogen and oxygen atoms in total. The summed E-state index contributed by atoms with van der Waals surface area (Å²) in [6.07, 6.45) is 1.86. The van der Waals surface area contributed by atoms with Gasteiger partial charge in [0, 0.05) is 41.0 Å². The van der Waals surface area contributed by atoms with E-state index in [1.54, 1.807) is 12.1 Å². The van der Waals surface area contributed by atoms with Crippen LogP contribution in [0, 0.1) is 0 Å². The number of carbonyl (C=O) groups excluding carboxylic acids is 2. The van der Waals surface area contributed by atoms with E-state index in [1.165, 1.54) is 6.92 Å². The van der Waals surface area contributed by atoms with Gasteiger partial charge in [-0.05, 0) is 25.1 Å². The van der Waals surface area contributed by atoms with E-state index in [0.717, 1.165) is 16.6 Å². The fourth-order valence-electron chi connectivity index (χ4n) is 2.69. The van der Waals surface area contributed by atoms with Crippen LogP contribution in [0.4, 0.5) is 5.69 Å². The Hall–Kier alpha value is -2.88. The van der Waals surface area contributed by atoms with Crippen LogP contribution in [-0.2, 0) is 7.05 Å². The summed E-state index contributed by atoms with van der Waals surface area (Å²) in [4.78, 5) is 23.9. The summed E-state index contributed by atoms with van der Waals surface area (Å²) in [5.41, 5.74) is 3.15. The number of nitrogens with one attached hydrogen (secondary N) is 1. The third kappa shape index (κ3) is 3.01. The number of nitrogens with zero attached hydrogens (tertiary/aromatic N) is 1. The van der Waals surface area contributed by atoms with E-state index in [0.29, 0.717) is 11.1 Å². The second-order valence-corrected chi connectivity index (χ2v) is 5.58. The van der Waals surface area contributed by atoms with Crippen molar-refractivity contribution in [2.75, 3.05) is 11.9 Å². The van der Waals surface area contributed by atoms with Gasteiger partial charge in [0.25, 0.3) is 0 Å². The highest BCUT2D eigenvalue weighted by atomic mass is 16.1. The van der Waals surface area contributed by atoms with Gasteiger partial charge in [0.1, 0.15) is 0 Å². The molecule has 0 fully saturated rings. The number of rotatable bonds is 5. The van der Waals surface area contributed by atoms with E-state index in [9.17, 15) is 9.59 Å². The predicted octanol–water partition coefficient (Wildman–Crippen LogP) is 3.68. The van der Waals surface area contributed by atoms with Crippen molar-refractivity contribution in [1.82, 2.24) is 4.57 Å². The van der Waals surface area contributed by atoms with Gasteiger partial charge in [-0.3, -0.25) is 9.59 Å². The number of Topliss-reactive ketones (excluding diaryl/α,β-unsaturated/α-hetero) is 2. The first-order chi connectivity index (χ1) is 11.1. The molecule has 3 rings (SSSR count). The Morgan fingerprint density at radius 2 is 1.87 bits per heavy atom. The molecule has 0 saturated heterocycles. The summed E-state index contributed by atoms with van der Waals surface area (Å²) in [7, 11) is 1.93. The van der Waals surface area contributed by atoms with Crippen LogP contribution < -0.4 is 5.32 Å². The lowest BCUT2D eigenvalue weighted by molar-refractivity contribution is 0.100. The molecule has 2 aromatic carbocycles. The molecule has 0 spiro atoms. The van der Waals surface area contributed by atoms with Crippen molar-refractivity contribution in [3.8, 4) is 0 Å². The summed E-state index contributed by atoms with van der Waals surface area (Å²) in [5.74, 6) is 0.0315. The Kier molecular flexibility index (Phi) is 3.98. The lowest BCUT2D eigenvalue weighted by atomic mass is 10.1. The Morgan fingerprint density at radius 3 is 2.65 bits per heavy atom. The molecule has 0 aliphatic heterocycles.